The second kappa shape index (κ2) is 7.88. The number of carbonyl (C=O) groups excluding carboxylic acids is 1. The number of methoxy groups -OCH3 is 1. The molecule has 2 aliphatic heterocycles. The first-order valence-corrected chi connectivity index (χ1v) is 9.51. The van der Waals surface area contributed by atoms with Crippen LogP contribution in [0.3, 0.4) is 0 Å². The van der Waals surface area contributed by atoms with Gasteiger partial charge in [0.05, 0.1) is 19.3 Å². The van der Waals surface area contributed by atoms with Gasteiger partial charge in [-0.15, -0.1) is 0 Å². The summed E-state index contributed by atoms with van der Waals surface area (Å²) in [5.74, 6) is 0.526. The molecule has 0 bridgehead atoms. The molecule has 3 heterocycles. The van der Waals surface area contributed by atoms with E-state index < -0.39 is 5.60 Å². The van der Waals surface area contributed by atoms with E-state index in [0.717, 1.165) is 24.2 Å². The highest BCUT2D eigenvalue weighted by molar-refractivity contribution is 5.68. The number of fused-ring (bicyclic) bond motifs is 1. The molecule has 0 aromatic carbocycles. The van der Waals surface area contributed by atoms with Crippen LogP contribution in [0.5, 0.6) is 11.9 Å². The quantitative estimate of drug-likeness (QED) is 0.795. The summed E-state index contributed by atoms with van der Waals surface area (Å²) < 4.78 is 16.8. The van der Waals surface area contributed by atoms with Crippen LogP contribution in [0.2, 0.25) is 0 Å². The van der Waals surface area contributed by atoms with Gasteiger partial charge in [-0.3, -0.25) is 0 Å². The molecule has 8 nitrogen and oxygen atoms in total. The Morgan fingerprint density at radius 3 is 2.67 bits per heavy atom. The summed E-state index contributed by atoms with van der Waals surface area (Å²) >= 11 is 0. The van der Waals surface area contributed by atoms with Crippen molar-refractivity contribution in [2.75, 3.05) is 33.9 Å². The first-order chi connectivity index (χ1) is 12.8. The maximum absolute atomic E-state index is 12.4. The van der Waals surface area contributed by atoms with Crippen molar-refractivity contribution in [3.8, 4) is 11.9 Å². The largest absolute Gasteiger partial charge is 0.481 e. The first kappa shape index (κ1) is 19.7. The van der Waals surface area contributed by atoms with Crippen LogP contribution in [0.25, 0.3) is 0 Å². The number of carbonyl (C=O) groups is 1. The summed E-state index contributed by atoms with van der Waals surface area (Å²) in [6, 6.07) is 0.686. The molecule has 27 heavy (non-hydrogen) atoms. The van der Waals surface area contributed by atoms with Crippen molar-refractivity contribution < 1.29 is 19.0 Å². The lowest BCUT2D eigenvalue weighted by molar-refractivity contribution is 0.0218. The van der Waals surface area contributed by atoms with Crippen LogP contribution in [0, 0.1) is 0 Å². The van der Waals surface area contributed by atoms with Crippen molar-refractivity contribution in [1.82, 2.24) is 19.8 Å². The fourth-order valence-corrected chi connectivity index (χ4v) is 3.45. The molecule has 1 aromatic heterocycles. The Morgan fingerprint density at radius 1 is 1.26 bits per heavy atom. The maximum atomic E-state index is 12.4. The molecule has 0 unspecified atom stereocenters. The highest BCUT2D eigenvalue weighted by Crippen LogP contribution is 2.28. The fraction of sp³-hybridized carbons (Fsp3) is 0.737. The molecule has 150 valence electrons. The van der Waals surface area contributed by atoms with Crippen LogP contribution >= 0.6 is 0 Å². The lowest BCUT2D eigenvalue weighted by Crippen LogP contribution is -2.40. The summed E-state index contributed by atoms with van der Waals surface area (Å²) in [4.78, 5) is 25.3. The SMILES string of the molecule is COc1nc(OC[C@@H]2CCCN2C)nc2c1CCN(C(=O)OC(C)(C)C)C2. The highest BCUT2D eigenvalue weighted by Gasteiger charge is 2.29. The van der Waals surface area contributed by atoms with E-state index in [2.05, 4.69) is 21.9 Å². The van der Waals surface area contributed by atoms with Gasteiger partial charge in [-0.2, -0.15) is 9.97 Å². The Labute approximate surface area is 160 Å². The second-order valence-corrected chi connectivity index (χ2v) is 8.18. The molecule has 0 aliphatic carbocycles. The Balaban J connectivity index is 1.72. The summed E-state index contributed by atoms with van der Waals surface area (Å²) in [5, 5.41) is 0. The van der Waals surface area contributed by atoms with Crippen molar-refractivity contribution in [2.45, 2.75) is 58.2 Å². The van der Waals surface area contributed by atoms with E-state index in [-0.39, 0.29) is 6.09 Å². The van der Waals surface area contributed by atoms with E-state index in [1.807, 2.05) is 20.8 Å². The lowest BCUT2D eigenvalue weighted by atomic mass is 10.1. The standard InChI is InChI=1S/C19H30N4O4/c1-19(2,3)27-18(24)23-10-8-14-15(11-23)20-17(21-16(14)25-5)26-12-13-7-6-9-22(13)4/h13H,6-12H2,1-5H3/t13-/m0/s1. The molecule has 0 saturated carbocycles. The second-order valence-electron chi connectivity index (χ2n) is 8.18. The molecule has 3 rings (SSSR count). The fourth-order valence-electron chi connectivity index (χ4n) is 3.45. The van der Waals surface area contributed by atoms with Crippen LogP contribution in [-0.2, 0) is 17.7 Å². The highest BCUT2D eigenvalue weighted by atomic mass is 16.6. The number of aromatic nitrogens is 2. The molecule has 1 aromatic rings. The molecule has 8 heteroatoms. The number of amides is 1. The number of hydrogen-bond acceptors (Lipinski definition) is 7. The molecule has 1 atom stereocenters. The molecule has 0 spiro atoms. The van der Waals surface area contributed by atoms with E-state index in [0.29, 0.717) is 44.0 Å². The van der Waals surface area contributed by atoms with Gasteiger partial charge in [-0.1, -0.05) is 0 Å². The lowest BCUT2D eigenvalue weighted by Gasteiger charge is -2.31. The summed E-state index contributed by atoms with van der Waals surface area (Å²) in [5.41, 5.74) is 1.17. The van der Waals surface area contributed by atoms with E-state index in [9.17, 15) is 4.79 Å². The molecule has 2 aliphatic rings. The predicted molar refractivity (Wildman–Crippen MR) is 100 cm³/mol. The van der Waals surface area contributed by atoms with Gasteiger partial charge in [0.15, 0.2) is 0 Å². The van der Waals surface area contributed by atoms with E-state index in [1.165, 1.54) is 6.42 Å². The van der Waals surface area contributed by atoms with Gasteiger partial charge in [0, 0.05) is 18.2 Å². The molecular formula is C19H30N4O4. The third-order valence-electron chi connectivity index (χ3n) is 4.93. The van der Waals surface area contributed by atoms with Crippen LogP contribution in [0.15, 0.2) is 0 Å². The molecule has 1 amide bonds. The van der Waals surface area contributed by atoms with Gasteiger partial charge in [-0.05, 0) is 53.6 Å². The molecule has 1 fully saturated rings. The Morgan fingerprint density at radius 2 is 2.04 bits per heavy atom. The Hall–Kier alpha value is -2.09. The first-order valence-electron chi connectivity index (χ1n) is 9.51. The third-order valence-corrected chi connectivity index (χ3v) is 4.93. The minimum Gasteiger partial charge on any atom is -0.481 e. The van der Waals surface area contributed by atoms with Gasteiger partial charge in [0.1, 0.15) is 12.2 Å². The Bertz CT molecular complexity index is 689. The number of likely N-dealkylation sites (tertiary alicyclic amines) is 1. The third kappa shape index (κ3) is 4.80. The zero-order chi connectivity index (χ0) is 19.6. The van der Waals surface area contributed by atoms with Crippen molar-refractivity contribution in [1.29, 1.82) is 0 Å². The average molecular weight is 378 g/mol. The van der Waals surface area contributed by atoms with Gasteiger partial charge in [-0.25, -0.2) is 4.79 Å². The Kier molecular flexibility index (Phi) is 5.74. The van der Waals surface area contributed by atoms with Gasteiger partial charge < -0.3 is 24.0 Å². The molecular weight excluding hydrogens is 348 g/mol. The van der Waals surface area contributed by atoms with Crippen molar-refractivity contribution in [3.63, 3.8) is 0 Å². The topological polar surface area (TPSA) is 77.0 Å². The average Bonchev–Trinajstić information content (AvgIpc) is 3.02. The van der Waals surface area contributed by atoms with E-state index in [1.54, 1.807) is 12.0 Å². The number of likely N-dealkylation sites (N-methyl/N-ethyl adjacent to an activating group) is 1. The summed E-state index contributed by atoms with van der Waals surface area (Å²) in [6.07, 6.45) is 2.60. The minimum atomic E-state index is -0.525. The normalized spacial score (nSPS) is 20.3. The monoisotopic (exact) mass is 378 g/mol. The number of ether oxygens (including phenoxy) is 3. The van der Waals surface area contributed by atoms with Crippen molar-refractivity contribution >= 4 is 6.09 Å². The van der Waals surface area contributed by atoms with Crippen LogP contribution in [-0.4, -0.2) is 71.4 Å². The van der Waals surface area contributed by atoms with E-state index >= 15 is 0 Å². The van der Waals surface area contributed by atoms with Crippen LogP contribution in [0.1, 0.15) is 44.9 Å². The summed E-state index contributed by atoms with van der Waals surface area (Å²) in [7, 11) is 3.70. The minimum absolute atomic E-state index is 0.303. The van der Waals surface area contributed by atoms with Crippen LogP contribution < -0.4 is 9.47 Å². The zero-order valence-electron chi connectivity index (χ0n) is 16.9. The van der Waals surface area contributed by atoms with Gasteiger partial charge in [0.25, 0.3) is 0 Å². The summed E-state index contributed by atoms with van der Waals surface area (Å²) in [6.45, 7) is 8.14. The zero-order valence-corrected chi connectivity index (χ0v) is 16.9. The number of hydrogen-bond donors (Lipinski definition) is 0. The number of nitrogens with zero attached hydrogens (tertiary/aromatic N) is 4. The maximum Gasteiger partial charge on any atom is 0.410 e. The van der Waals surface area contributed by atoms with Gasteiger partial charge >= 0.3 is 12.1 Å². The number of rotatable bonds is 4. The molecule has 0 N–H and O–H groups in total. The predicted octanol–water partition coefficient (Wildman–Crippen LogP) is 2.25. The van der Waals surface area contributed by atoms with Gasteiger partial charge in [0.2, 0.25) is 5.88 Å². The van der Waals surface area contributed by atoms with E-state index in [4.69, 9.17) is 14.2 Å². The van der Waals surface area contributed by atoms with Crippen LogP contribution in [0.4, 0.5) is 4.79 Å². The molecule has 0 radical (unpaired) electrons. The molecule has 1 saturated heterocycles. The van der Waals surface area contributed by atoms with Crippen molar-refractivity contribution in [2.24, 2.45) is 0 Å². The smallest absolute Gasteiger partial charge is 0.410 e. The van der Waals surface area contributed by atoms with Crippen molar-refractivity contribution in [3.05, 3.63) is 11.3 Å².